The van der Waals surface area contributed by atoms with Crippen LogP contribution in [0.25, 0.3) is 0 Å². The molecule has 0 radical (unpaired) electrons. The van der Waals surface area contributed by atoms with Gasteiger partial charge in [-0.25, -0.2) is 4.79 Å². The molecule has 64 valence electrons. The Labute approximate surface area is 89.2 Å². The normalized spacial score (nSPS) is 10.9. The van der Waals surface area contributed by atoms with E-state index in [9.17, 15) is 9.59 Å². The summed E-state index contributed by atoms with van der Waals surface area (Å²) in [4.78, 5) is 21.4. The Kier molecular flexibility index (Phi) is 4.81. The first kappa shape index (κ1) is 11.6. The third-order valence-corrected chi connectivity index (χ3v) is 1.70. The average molecular weight is 353 g/mol. The summed E-state index contributed by atoms with van der Waals surface area (Å²) in [6.07, 6.45) is 0.175. The summed E-state index contributed by atoms with van der Waals surface area (Å²) in [6, 6.07) is 0. The second kappa shape index (κ2) is 4.57. The molecule has 0 fully saturated rings. The van der Waals surface area contributed by atoms with Crippen LogP contribution in [0.5, 0.6) is 0 Å². The van der Waals surface area contributed by atoms with E-state index >= 15 is 0 Å². The van der Waals surface area contributed by atoms with Crippen molar-refractivity contribution in [3.63, 3.8) is 0 Å². The van der Waals surface area contributed by atoms with E-state index in [0.717, 1.165) is 0 Å². The van der Waals surface area contributed by atoms with Gasteiger partial charge in [-0.1, -0.05) is 6.92 Å². The zero-order valence-electron chi connectivity index (χ0n) is 5.57. The molecule has 0 unspecified atom stereocenters. The number of hydrogen-bond donors (Lipinski definition) is 0. The van der Waals surface area contributed by atoms with Crippen molar-refractivity contribution in [2.24, 2.45) is 0 Å². The predicted octanol–water partition coefficient (Wildman–Crippen LogP) is 2.30. The minimum absolute atomic E-state index is 0.175. The lowest BCUT2D eigenvalue weighted by atomic mass is 10.5. The van der Waals surface area contributed by atoms with Crippen molar-refractivity contribution in [2.75, 3.05) is 0 Å². The maximum atomic E-state index is 10.9. The first-order valence-electron chi connectivity index (χ1n) is 2.69. The first-order valence-corrected chi connectivity index (χ1v) is 5.07. The summed E-state index contributed by atoms with van der Waals surface area (Å²) in [5.41, 5.74) is 0. The van der Waals surface area contributed by atoms with Crippen molar-refractivity contribution in [1.82, 2.24) is 0 Å². The molecule has 0 aliphatic heterocycles. The zero-order chi connectivity index (χ0) is 9.07. The van der Waals surface area contributed by atoms with Crippen molar-refractivity contribution >= 4 is 59.7 Å². The van der Waals surface area contributed by atoms with Crippen LogP contribution in [0.1, 0.15) is 13.3 Å². The van der Waals surface area contributed by atoms with Gasteiger partial charge in [0, 0.05) is 6.42 Å². The molecular weight excluding hydrogens is 348 g/mol. The van der Waals surface area contributed by atoms with Gasteiger partial charge in [-0.3, -0.25) is 4.79 Å². The van der Waals surface area contributed by atoms with Crippen LogP contribution in [0.3, 0.4) is 0 Å². The smallest absolute Gasteiger partial charge is 0.352 e. The highest BCUT2D eigenvalue weighted by Crippen LogP contribution is 2.34. The summed E-state index contributed by atoms with van der Waals surface area (Å²) in [5, 5.41) is 0. The fourth-order valence-corrected chi connectivity index (χ4v) is 0.476. The van der Waals surface area contributed by atoms with E-state index in [1.54, 1.807) is 6.92 Å². The highest BCUT2D eigenvalue weighted by molar-refractivity contribution is 9.40. The molecule has 0 aromatic heterocycles. The summed E-state index contributed by atoms with van der Waals surface area (Å²) < 4.78 is 3.19. The van der Waals surface area contributed by atoms with Gasteiger partial charge in [0.1, 0.15) is 0 Å². The number of rotatable bonds is 1. The lowest BCUT2D eigenvalue weighted by Gasteiger charge is -2.08. The van der Waals surface area contributed by atoms with E-state index < -0.39 is 14.1 Å². The van der Waals surface area contributed by atoms with Gasteiger partial charge in [0.2, 0.25) is 2.14 Å². The van der Waals surface area contributed by atoms with E-state index in [1.165, 1.54) is 0 Å². The van der Waals surface area contributed by atoms with Crippen molar-refractivity contribution in [3.05, 3.63) is 0 Å². The van der Waals surface area contributed by atoms with Gasteiger partial charge in [-0.05, 0) is 47.8 Å². The summed E-state index contributed by atoms with van der Waals surface area (Å²) in [5.74, 6) is -1.28. The molecule has 0 bridgehead atoms. The molecule has 0 N–H and O–H groups in total. The predicted molar refractivity (Wildman–Crippen MR) is 50.9 cm³/mol. The second-order valence-corrected chi connectivity index (χ2v) is 8.37. The van der Waals surface area contributed by atoms with Crippen LogP contribution in [-0.2, 0) is 14.3 Å². The Bertz CT molecular complexity index is 172. The highest BCUT2D eigenvalue weighted by Gasteiger charge is 2.32. The van der Waals surface area contributed by atoms with E-state index in [0.29, 0.717) is 0 Å². The van der Waals surface area contributed by atoms with Gasteiger partial charge in [0.25, 0.3) is 0 Å². The number of alkyl halides is 3. The van der Waals surface area contributed by atoms with Gasteiger partial charge in [-0.15, -0.1) is 0 Å². The highest BCUT2D eigenvalue weighted by atomic mass is 80.0. The quantitative estimate of drug-likeness (QED) is 0.413. The fraction of sp³-hybridized carbons (Fsp3) is 0.600. The zero-order valence-corrected chi connectivity index (χ0v) is 10.3. The molecule has 0 amide bonds. The van der Waals surface area contributed by atoms with Gasteiger partial charge in [-0.2, -0.15) is 0 Å². The van der Waals surface area contributed by atoms with Gasteiger partial charge >= 0.3 is 11.9 Å². The van der Waals surface area contributed by atoms with Crippen LogP contribution >= 0.6 is 47.8 Å². The van der Waals surface area contributed by atoms with Crippen LogP contribution in [0.15, 0.2) is 0 Å². The number of hydrogen-bond acceptors (Lipinski definition) is 3. The van der Waals surface area contributed by atoms with E-state index in [2.05, 4.69) is 52.5 Å². The standard InChI is InChI=1S/C5H5Br3O3/c1-2-3(9)11-4(10)5(6,7)8/h2H2,1H3. The minimum atomic E-state index is -1.15. The second-order valence-electron chi connectivity index (χ2n) is 1.61. The average Bonchev–Trinajstić information content (AvgIpc) is 1.85. The number of halogens is 3. The van der Waals surface area contributed by atoms with Crippen molar-refractivity contribution < 1.29 is 14.3 Å². The van der Waals surface area contributed by atoms with Gasteiger partial charge < -0.3 is 4.74 Å². The topological polar surface area (TPSA) is 43.4 Å². The Hall–Kier alpha value is 0.580. The Morgan fingerprint density at radius 3 is 2.09 bits per heavy atom. The molecule has 0 saturated heterocycles. The van der Waals surface area contributed by atoms with Crippen LogP contribution < -0.4 is 0 Å². The molecule has 0 aromatic rings. The lowest BCUT2D eigenvalue weighted by molar-refractivity contribution is -0.158. The summed E-state index contributed by atoms with van der Waals surface area (Å²) >= 11 is 8.72. The van der Waals surface area contributed by atoms with E-state index in [1.807, 2.05) is 0 Å². The largest absolute Gasteiger partial charge is 0.391 e. The molecule has 0 spiro atoms. The van der Waals surface area contributed by atoms with Crippen molar-refractivity contribution in [2.45, 2.75) is 15.5 Å². The lowest BCUT2D eigenvalue weighted by Crippen LogP contribution is -2.23. The molecule has 0 heterocycles. The van der Waals surface area contributed by atoms with Gasteiger partial charge in [0.05, 0.1) is 0 Å². The van der Waals surface area contributed by atoms with Crippen LogP contribution in [-0.4, -0.2) is 14.1 Å². The van der Waals surface area contributed by atoms with Crippen molar-refractivity contribution in [1.29, 1.82) is 0 Å². The number of esters is 2. The summed E-state index contributed by atoms with van der Waals surface area (Å²) in [6.45, 7) is 1.61. The Morgan fingerprint density at radius 2 is 1.82 bits per heavy atom. The van der Waals surface area contributed by atoms with Crippen LogP contribution in [0, 0.1) is 0 Å². The number of ether oxygens (including phenoxy) is 1. The molecule has 0 aliphatic carbocycles. The summed E-state index contributed by atoms with van der Waals surface area (Å²) in [7, 11) is 0. The third kappa shape index (κ3) is 4.92. The SMILES string of the molecule is CCC(=O)OC(=O)C(Br)(Br)Br. The maximum Gasteiger partial charge on any atom is 0.352 e. The molecule has 0 saturated carbocycles. The monoisotopic (exact) mass is 350 g/mol. The van der Waals surface area contributed by atoms with E-state index in [4.69, 9.17) is 0 Å². The Balaban J connectivity index is 3.99. The molecule has 0 rings (SSSR count). The minimum Gasteiger partial charge on any atom is -0.391 e. The van der Waals surface area contributed by atoms with Crippen LogP contribution in [0.4, 0.5) is 0 Å². The molecule has 3 nitrogen and oxygen atoms in total. The number of carbonyl (C=O) groups excluding carboxylic acids is 2. The molecule has 11 heavy (non-hydrogen) atoms. The molecular formula is C5H5Br3O3. The fourth-order valence-electron chi connectivity index (χ4n) is 0.233. The van der Waals surface area contributed by atoms with E-state index in [-0.39, 0.29) is 6.42 Å². The van der Waals surface area contributed by atoms with Gasteiger partial charge in [0.15, 0.2) is 0 Å². The number of carbonyl (C=O) groups is 2. The Morgan fingerprint density at radius 1 is 1.36 bits per heavy atom. The van der Waals surface area contributed by atoms with Crippen molar-refractivity contribution in [3.8, 4) is 0 Å². The molecule has 6 heteroatoms. The first-order chi connectivity index (χ1) is 4.88. The molecule has 0 aliphatic rings. The molecule has 0 atom stereocenters. The molecule has 0 aromatic carbocycles. The third-order valence-electron chi connectivity index (χ3n) is 0.727. The van der Waals surface area contributed by atoms with Crippen LogP contribution in [0.2, 0.25) is 0 Å². The maximum absolute atomic E-state index is 10.9.